The van der Waals surface area contributed by atoms with Crippen LogP contribution in [0.1, 0.15) is 25.6 Å². The molecule has 0 spiro atoms. The molecule has 0 fully saturated rings. The summed E-state index contributed by atoms with van der Waals surface area (Å²) in [5, 5.41) is 10.2. The molecule has 2 aromatic carbocycles. The van der Waals surface area contributed by atoms with Crippen molar-refractivity contribution in [2.75, 3.05) is 0 Å². The summed E-state index contributed by atoms with van der Waals surface area (Å²) >= 11 is 4.76. The molecule has 3 nitrogen and oxygen atoms in total. The van der Waals surface area contributed by atoms with E-state index in [-0.39, 0.29) is 16.9 Å². The number of benzene rings is 2. The van der Waals surface area contributed by atoms with E-state index in [1.54, 1.807) is 24.3 Å². The SMILES string of the molecule is O=C(O)c1ccccc1C(=O)c1cc2ccc(Br)cc2s1. The molecular formula is C16H9BrO3S. The lowest BCUT2D eigenvalue weighted by Gasteiger charge is -2.02. The maximum Gasteiger partial charge on any atom is 0.336 e. The van der Waals surface area contributed by atoms with E-state index in [4.69, 9.17) is 0 Å². The highest BCUT2D eigenvalue weighted by Crippen LogP contribution is 2.30. The smallest absolute Gasteiger partial charge is 0.336 e. The molecule has 0 saturated carbocycles. The summed E-state index contributed by atoms with van der Waals surface area (Å²) in [5.41, 5.74) is 0.247. The maximum atomic E-state index is 12.6. The number of aromatic carboxylic acids is 1. The van der Waals surface area contributed by atoms with Gasteiger partial charge in [-0.2, -0.15) is 0 Å². The number of ketones is 1. The number of rotatable bonds is 3. The minimum atomic E-state index is -1.09. The highest BCUT2D eigenvalue weighted by Gasteiger charge is 2.19. The van der Waals surface area contributed by atoms with Crippen molar-refractivity contribution in [3.8, 4) is 0 Å². The molecule has 0 aliphatic carbocycles. The molecule has 0 aliphatic rings. The first-order valence-corrected chi connectivity index (χ1v) is 7.73. The second kappa shape index (κ2) is 5.42. The highest BCUT2D eigenvalue weighted by atomic mass is 79.9. The van der Waals surface area contributed by atoms with Crippen LogP contribution < -0.4 is 0 Å². The molecular weight excluding hydrogens is 352 g/mol. The number of thiophene rings is 1. The van der Waals surface area contributed by atoms with Crippen LogP contribution >= 0.6 is 27.3 Å². The predicted octanol–water partition coefficient (Wildman–Crippen LogP) is 4.59. The average molecular weight is 361 g/mol. The Morgan fingerprint density at radius 1 is 1.00 bits per heavy atom. The van der Waals surface area contributed by atoms with Crippen LogP contribution in [-0.2, 0) is 0 Å². The first-order valence-electron chi connectivity index (χ1n) is 6.12. The minimum Gasteiger partial charge on any atom is -0.478 e. The van der Waals surface area contributed by atoms with Crippen LogP contribution in [0.5, 0.6) is 0 Å². The molecule has 5 heteroatoms. The topological polar surface area (TPSA) is 54.4 Å². The molecule has 0 saturated heterocycles. The lowest BCUT2D eigenvalue weighted by molar-refractivity contribution is 0.0693. The van der Waals surface area contributed by atoms with Gasteiger partial charge in [0, 0.05) is 14.7 Å². The quantitative estimate of drug-likeness (QED) is 0.694. The Morgan fingerprint density at radius 3 is 2.43 bits per heavy atom. The van der Waals surface area contributed by atoms with Gasteiger partial charge in [0.25, 0.3) is 0 Å². The van der Waals surface area contributed by atoms with Gasteiger partial charge in [-0.3, -0.25) is 4.79 Å². The molecule has 3 aromatic rings. The van der Waals surface area contributed by atoms with E-state index in [2.05, 4.69) is 15.9 Å². The van der Waals surface area contributed by atoms with Gasteiger partial charge in [-0.15, -0.1) is 11.3 Å². The molecule has 0 radical (unpaired) electrons. The number of fused-ring (bicyclic) bond motifs is 1. The van der Waals surface area contributed by atoms with E-state index in [9.17, 15) is 14.7 Å². The molecule has 1 N–H and O–H groups in total. The van der Waals surface area contributed by atoms with Crippen molar-refractivity contribution in [2.24, 2.45) is 0 Å². The zero-order chi connectivity index (χ0) is 15.0. The minimum absolute atomic E-state index is 0.0288. The third-order valence-corrected chi connectivity index (χ3v) is 4.70. The Balaban J connectivity index is 2.10. The van der Waals surface area contributed by atoms with E-state index < -0.39 is 5.97 Å². The fourth-order valence-corrected chi connectivity index (χ4v) is 3.69. The summed E-state index contributed by atoms with van der Waals surface area (Å²) in [6, 6.07) is 13.9. The number of halogens is 1. The van der Waals surface area contributed by atoms with Crippen LogP contribution in [0.4, 0.5) is 0 Å². The van der Waals surface area contributed by atoms with Crippen LogP contribution in [0.2, 0.25) is 0 Å². The summed E-state index contributed by atoms with van der Waals surface area (Å²) < 4.78 is 1.93. The number of carboxylic acids is 1. The number of carboxylic acid groups (broad SMARTS) is 1. The van der Waals surface area contributed by atoms with Gasteiger partial charge in [0.05, 0.1) is 10.4 Å². The Labute approximate surface area is 133 Å². The van der Waals surface area contributed by atoms with Gasteiger partial charge in [0.1, 0.15) is 0 Å². The van der Waals surface area contributed by atoms with Crippen molar-refractivity contribution >= 4 is 49.1 Å². The van der Waals surface area contributed by atoms with Gasteiger partial charge in [-0.25, -0.2) is 4.79 Å². The van der Waals surface area contributed by atoms with Gasteiger partial charge < -0.3 is 5.11 Å². The third kappa shape index (κ3) is 2.62. The largest absolute Gasteiger partial charge is 0.478 e. The van der Waals surface area contributed by atoms with Crippen molar-refractivity contribution in [3.63, 3.8) is 0 Å². The van der Waals surface area contributed by atoms with E-state index in [0.717, 1.165) is 14.6 Å². The van der Waals surface area contributed by atoms with Crippen molar-refractivity contribution in [1.82, 2.24) is 0 Å². The van der Waals surface area contributed by atoms with Crippen molar-refractivity contribution in [2.45, 2.75) is 0 Å². The summed E-state index contributed by atoms with van der Waals surface area (Å²) in [6.07, 6.45) is 0. The standard InChI is InChI=1S/C16H9BrO3S/c17-10-6-5-9-7-14(21-13(9)8-10)15(18)11-3-1-2-4-12(11)16(19)20/h1-8H,(H,19,20). The monoisotopic (exact) mass is 360 g/mol. The summed E-state index contributed by atoms with van der Waals surface area (Å²) in [6.45, 7) is 0. The second-order valence-corrected chi connectivity index (χ2v) is 6.47. The fraction of sp³-hybridized carbons (Fsp3) is 0. The first-order chi connectivity index (χ1) is 10.1. The molecule has 1 aromatic heterocycles. The molecule has 0 atom stereocenters. The van der Waals surface area contributed by atoms with Gasteiger partial charge >= 0.3 is 5.97 Å². The molecule has 0 bridgehead atoms. The van der Waals surface area contributed by atoms with E-state index >= 15 is 0 Å². The fourth-order valence-electron chi connectivity index (χ4n) is 2.12. The van der Waals surface area contributed by atoms with Crippen LogP contribution in [-0.4, -0.2) is 16.9 Å². The molecule has 0 aliphatic heterocycles. The normalized spacial score (nSPS) is 10.7. The highest BCUT2D eigenvalue weighted by molar-refractivity contribution is 9.10. The molecule has 0 amide bonds. The summed E-state index contributed by atoms with van der Waals surface area (Å²) in [7, 11) is 0. The number of carbonyl (C=O) groups excluding carboxylic acids is 1. The molecule has 0 unspecified atom stereocenters. The van der Waals surface area contributed by atoms with Gasteiger partial charge in [0.15, 0.2) is 0 Å². The number of hydrogen-bond donors (Lipinski definition) is 1. The lowest BCUT2D eigenvalue weighted by atomic mass is 10.0. The summed E-state index contributed by atoms with van der Waals surface area (Å²) in [5.74, 6) is -1.35. The molecule has 3 rings (SSSR count). The Bertz CT molecular complexity index is 867. The van der Waals surface area contributed by atoms with Crippen LogP contribution in [0.25, 0.3) is 10.1 Å². The lowest BCUT2D eigenvalue weighted by Crippen LogP contribution is -2.08. The van der Waals surface area contributed by atoms with Crippen LogP contribution in [0.15, 0.2) is 53.0 Å². The average Bonchev–Trinajstić information content (AvgIpc) is 2.89. The molecule has 104 valence electrons. The van der Waals surface area contributed by atoms with Crippen LogP contribution in [0.3, 0.4) is 0 Å². The zero-order valence-electron chi connectivity index (χ0n) is 10.7. The van der Waals surface area contributed by atoms with E-state index in [1.807, 2.05) is 18.2 Å². The Morgan fingerprint density at radius 2 is 1.71 bits per heavy atom. The molecule has 21 heavy (non-hydrogen) atoms. The van der Waals surface area contributed by atoms with Gasteiger partial charge in [0.2, 0.25) is 5.78 Å². The second-order valence-electron chi connectivity index (χ2n) is 4.47. The first kappa shape index (κ1) is 14.0. The summed E-state index contributed by atoms with van der Waals surface area (Å²) in [4.78, 5) is 24.3. The van der Waals surface area contributed by atoms with Crippen LogP contribution in [0, 0.1) is 0 Å². The van der Waals surface area contributed by atoms with Crippen molar-refractivity contribution in [3.05, 3.63) is 69.0 Å². The van der Waals surface area contributed by atoms with Crippen molar-refractivity contribution < 1.29 is 14.7 Å². The van der Waals surface area contributed by atoms with E-state index in [0.29, 0.717) is 4.88 Å². The predicted molar refractivity (Wildman–Crippen MR) is 86.4 cm³/mol. The maximum absolute atomic E-state index is 12.6. The molecule has 1 heterocycles. The third-order valence-electron chi connectivity index (χ3n) is 3.11. The van der Waals surface area contributed by atoms with Crippen molar-refractivity contribution in [1.29, 1.82) is 0 Å². The Kier molecular flexibility index (Phi) is 3.61. The number of carbonyl (C=O) groups is 2. The van der Waals surface area contributed by atoms with Gasteiger partial charge in [-0.1, -0.05) is 40.2 Å². The van der Waals surface area contributed by atoms with E-state index in [1.165, 1.54) is 17.4 Å². The Hall–Kier alpha value is -1.98. The van der Waals surface area contributed by atoms with Gasteiger partial charge in [-0.05, 0) is 29.7 Å². The zero-order valence-corrected chi connectivity index (χ0v) is 13.1. The number of hydrogen-bond acceptors (Lipinski definition) is 3.